The van der Waals surface area contributed by atoms with Crippen LogP contribution in [0.4, 0.5) is 0 Å². The number of hydrogen-bond acceptors (Lipinski definition) is 2. The molecule has 6 aromatic rings. The number of allylic oxidation sites excluding steroid dienone is 3. The Morgan fingerprint density at radius 3 is 2.37 bits per heavy atom. The zero-order valence-corrected chi connectivity index (χ0v) is 25.9. The van der Waals surface area contributed by atoms with E-state index in [4.69, 9.17) is 4.74 Å². The highest BCUT2D eigenvalue weighted by Gasteiger charge is 2.56. The summed E-state index contributed by atoms with van der Waals surface area (Å²) in [7, 11) is 1.52. The molecule has 0 saturated heterocycles. The van der Waals surface area contributed by atoms with Crippen LogP contribution in [0, 0.1) is 5.92 Å². The van der Waals surface area contributed by atoms with Gasteiger partial charge in [-0.25, -0.2) is 0 Å². The van der Waals surface area contributed by atoms with E-state index in [1.807, 2.05) is 0 Å². The molecule has 4 unspecified atom stereocenters. The van der Waals surface area contributed by atoms with Gasteiger partial charge < -0.3 is 4.74 Å². The third-order valence-electron chi connectivity index (χ3n) is 13.7. The van der Waals surface area contributed by atoms with Crippen LogP contribution in [0.5, 0.6) is 0 Å². The molecule has 46 heavy (non-hydrogen) atoms. The van der Waals surface area contributed by atoms with E-state index in [1.165, 1.54) is 40.5 Å². The molecule has 0 spiro atoms. The molecule has 2 heteroatoms. The number of esters is 1. The molecule has 0 amide bonds. The molecule has 13 rings (SSSR count). The second-order valence-corrected chi connectivity index (χ2v) is 15.2. The van der Waals surface area contributed by atoms with Crippen molar-refractivity contribution in [1.82, 2.24) is 0 Å². The number of hydrogen-bond donors (Lipinski definition) is 0. The van der Waals surface area contributed by atoms with E-state index in [-0.39, 0.29) is 23.2 Å². The number of carbonyl (C=O) groups is 1. The molecule has 0 saturated carbocycles. The minimum Gasteiger partial charge on any atom is -0.469 e. The van der Waals surface area contributed by atoms with Crippen molar-refractivity contribution >= 4 is 60.7 Å². The van der Waals surface area contributed by atoms with Crippen LogP contribution in [0.2, 0.25) is 0 Å². The first-order valence-corrected chi connectivity index (χ1v) is 17.2. The van der Waals surface area contributed by atoms with Crippen molar-refractivity contribution in [2.45, 2.75) is 56.3 Å². The predicted octanol–water partition coefficient (Wildman–Crippen LogP) is 9.97. The van der Waals surface area contributed by atoms with Gasteiger partial charge in [0.1, 0.15) is 0 Å². The van der Waals surface area contributed by atoms with E-state index >= 15 is 0 Å². The molecule has 2 nitrogen and oxygen atoms in total. The van der Waals surface area contributed by atoms with E-state index in [1.54, 1.807) is 82.0 Å². The molecule has 0 aliphatic heterocycles. The van der Waals surface area contributed by atoms with Crippen LogP contribution < -0.4 is 0 Å². The van der Waals surface area contributed by atoms with Crippen LogP contribution in [-0.2, 0) is 27.8 Å². The molecule has 0 radical (unpaired) electrons. The summed E-state index contributed by atoms with van der Waals surface area (Å²) in [5.74, 6) is 0.898. The SMILES string of the molecule is COC(=O)CCCC1(c2ccccc2)c2c3c4c5cc6c7c4c4c8c-7c(cc7c8c8c(cc9c(c8c24)C1C(C=C9)C=C3C5)C7)C6C. The van der Waals surface area contributed by atoms with Crippen molar-refractivity contribution < 1.29 is 9.53 Å². The normalized spacial score (nSPS) is 24.8. The minimum atomic E-state index is -0.258. The Hall–Kier alpha value is -4.69. The molecule has 7 aliphatic carbocycles. The summed E-state index contributed by atoms with van der Waals surface area (Å²) in [5, 5.41) is 12.5. The lowest BCUT2D eigenvalue weighted by molar-refractivity contribution is -0.140. The van der Waals surface area contributed by atoms with Gasteiger partial charge in [0.05, 0.1) is 7.11 Å². The van der Waals surface area contributed by atoms with Gasteiger partial charge in [0.2, 0.25) is 0 Å². The Bertz CT molecular complexity index is 2690. The molecule has 6 aromatic carbocycles. The lowest BCUT2D eigenvalue weighted by Crippen LogP contribution is -2.41. The molecule has 0 aromatic heterocycles. The number of benzene rings is 6. The second-order valence-electron chi connectivity index (χ2n) is 15.2. The fourth-order valence-electron chi connectivity index (χ4n) is 12.3. The fraction of sp³-hybridized carbons (Fsp3) is 0.250. The number of carbonyl (C=O) groups excluding carboxylic acids is 1. The lowest BCUT2D eigenvalue weighted by atomic mass is 9.52. The Kier molecular flexibility index (Phi) is 3.67. The van der Waals surface area contributed by atoms with Gasteiger partial charge in [-0.2, -0.15) is 0 Å². The summed E-state index contributed by atoms with van der Waals surface area (Å²) >= 11 is 0. The van der Waals surface area contributed by atoms with E-state index in [0.29, 0.717) is 12.3 Å². The number of ether oxygens (including phenoxy) is 1. The fourth-order valence-corrected chi connectivity index (χ4v) is 12.3. The summed E-state index contributed by atoms with van der Waals surface area (Å²) < 4.78 is 5.20. The Morgan fingerprint density at radius 1 is 0.826 bits per heavy atom. The number of methoxy groups -OCH3 is 1. The Balaban J connectivity index is 1.35. The number of rotatable bonds is 5. The van der Waals surface area contributed by atoms with Crippen molar-refractivity contribution in [3.8, 4) is 11.1 Å². The summed E-state index contributed by atoms with van der Waals surface area (Å²) in [5.41, 5.74) is 19.6. The first-order valence-electron chi connectivity index (χ1n) is 17.2. The van der Waals surface area contributed by atoms with Crippen molar-refractivity contribution in [2.75, 3.05) is 7.11 Å². The van der Waals surface area contributed by atoms with Crippen LogP contribution in [0.15, 0.2) is 60.7 Å². The van der Waals surface area contributed by atoms with Gasteiger partial charge in [0, 0.05) is 29.6 Å². The third-order valence-corrected chi connectivity index (χ3v) is 13.7. The van der Waals surface area contributed by atoms with E-state index in [2.05, 4.69) is 73.7 Å². The summed E-state index contributed by atoms with van der Waals surface area (Å²) in [6.45, 7) is 2.45. The first kappa shape index (κ1) is 23.6. The van der Waals surface area contributed by atoms with Gasteiger partial charge in [-0.1, -0.05) is 73.7 Å². The predicted molar refractivity (Wildman–Crippen MR) is 186 cm³/mol. The topological polar surface area (TPSA) is 26.3 Å². The van der Waals surface area contributed by atoms with Crippen LogP contribution >= 0.6 is 0 Å². The van der Waals surface area contributed by atoms with Crippen LogP contribution in [0.1, 0.15) is 93.7 Å². The van der Waals surface area contributed by atoms with E-state index in [9.17, 15) is 4.79 Å². The molecular weight excluding hydrogens is 560 g/mol. The zero-order chi connectivity index (χ0) is 30.0. The zero-order valence-electron chi connectivity index (χ0n) is 25.9. The van der Waals surface area contributed by atoms with Gasteiger partial charge in [0.25, 0.3) is 0 Å². The monoisotopic (exact) mass is 590 g/mol. The smallest absolute Gasteiger partial charge is 0.305 e. The Morgan fingerprint density at radius 2 is 1.57 bits per heavy atom. The molecule has 7 aliphatic rings. The van der Waals surface area contributed by atoms with E-state index in [0.717, 1.165) is 25.7 Å². The molecule has 0 fully saturated rings. The van der Waals surface area contributed by atoms with Crippen LogP contribution in [-0.4, -0.2) is 13.1 Å². The maximum absolute atomic E-state index is 12.6. The van der Waals surface area contributed by atoms with Crippen LogP contribution in [0.3, 0.4) is 0 Å². The molecule has 218 valence electrons. The summed E-state index contributed by atoms with van der Waals surface area (Å²) in [4.78, 5) is 12.6. The van der Waals surface area contributed by atoms with Gasteiger partial charge >= 0.3 is 5.97 Å². The second kappa shape index (κ2) is 7.15. The average molecular weight is 591 g/mol. The highest BCUT2D eigenvalue weighted by Crippen LogP contribution is 2.71. The molecular formula is C44H30O2. The standard InChI is InChI=1S/C44H30O2/c1-19-27-17-24-15-22-13-20-10-11-21-14-23-16-25-18-28(19)36-35(27)38-31(24)30(22)37-33(20)42(21)44(12-6-9-29(45)46-2,26-7-4-3-5-8-26)43-34(23)32(25)39(36)40(38)41(37)43/h3-5,7-8,10-11,13-14,17-19,21,42H,6,9,12,15-16H2,1-2H3. The summed E-state index contributed by atoms with van der Waals surface area (Å²) in [6, 6.07) is 19.2. The summed E-state index contributed by atoms with van der Waals surface area (Å²) in [6.07, 6.45) is 11.9. The highest BCUT2D eigenvalue weighted by atomic mass is 16.5. The lowest BCUT2D eigenvalue weighted by Gasteiger charge is -2.50. The van der Waals surface area contributed by atoms with Crippen molar-refractivity contribution in [2.24, 2.45) is 5.92 Å². The molecule has 0 heterocycles. The first-order chi connectivity index (χ1) is 22.6. The third kappa shape index (κ3) is 2.16. The molecule has 0 N–H and O–H groups in total. The van der Waals surface area contributed by atoms with Gasteiger partial charge in [-0.15, -0.1) is 0 Å². The van der Waals surface area contributed by atoms with Crippen molar-refractivity contribution in [3.63, 3.8) is 0 Å². The quantitative estimate of drug-likeness (QED) is 0.147. The molecule has 4 atom stereocenters. The van der Waals surface area contributed by atoms with E-state index < -0.39 is 0 Å². The van der Waals surface area contributed by atoms with Gasteiger partial charge in [-0.05, 0) is 141 Å². The maximum atomic E-state index is 12.6. The highest BCUT2D eigenvalue weighted by molar-refractivity contribution is 6.45. The van der Waals surface area contributed by atoms with Crippen molar-refractivity contribution in [1.29, 1.82) is 0 Å². The average Bonchev–Trinajstić information content (AvgIpc) is 3.79. The largest absolute Gasteiger partial charge is 0.469 e. The molecule has 2 bridgehead atoms. The van der Waals surface area contributed by atoms with Crippen LogP contribution in [0.25, 0.3) is 65.9 Å². The maximum Gasteiger partial charge on any atom is 0.305 e. The van der Waals surface area contributed by atoms with Gasteiger partial charge in [0.15, 0.2) is 0 Å². The van der Waals surface area contributed by atoms with Crippen molar-refractivity contribution in [3.05, 3.63) is 116 Å². The van der Waals surface area contributed by atoms with Gasteiger partial charge in [-0.3, -0.25) is 4.79 Å². The Labute approximate surface area is 266 Å². The minimum absolute atomic E-state index is 0.107.